The molecule has 1 heterocycles. The third-order valence-electron chi connectivity index (χ3n) is 3.13. The number of hydrogen-bond donors (Lipinski definition) is 2. The highest BCUT2D eigenvalue weighted by atomic mass is 19.4. The van der Waals surface area contributed by atoms with Crippen LogP contribution in [0.25, 0.3) is 0 Å². The van der Waals surface area contributed by atoms with Crippen molar-refractivity contribution in [3.8, 4) is 0 Å². The van der Waals surface area contributed by atoms with Crippen molar-refractivity contribution >= 4 is 5.82 Å². The molecule has 21 heavy (non-hydrogen) atoms. The molecule has 2 rings (SSSR count). The van der Waals surface area contributed by atoms with Crippen LogP contribution < -0.4 is 5.73 Å². The summed E-state index contributed by atoms with van der Waals surface area (Å²) >= 11 is 0. The molecule has 112 valence electrons. The molecule has 0 fully saturated rings. The van der Waals surface area contributed by atoms with Crippen LogP contribution >= 0.6 is 0 Å². The van der Waals surface area contributed by atoms with Gasteiger partial charge in [0.2, 0.25) is 0 Å². The number of nitrogen functional groups attached to an aromatic ring is 1. The molecule has 0 bridgehead atoms. The summed E-state index contributed by atoms with van der Waals surface area (Å²) in [4.78, 5) is 3.94. The third-order valence-corrected chi connectivity index (χ3v) is 3.13. The summed E-state index contributed by atoms with van der Waals surface area (Å²) in [5.74, 6) is 0.181. The van der Waals surface area contributed by atoms with Gasteiger partial charge in [0.15, 0.2) is 0 Å². The molecule has 0 amide bonds. The Morgan fingerprint density at radius 3 is 2.67 bits per heavy atom. The minimum atomic E-state index is -4.40. The van der Waals surface area contributed by atoms with E-state index < -0.39 is 17.8 Å². The second-order valence-electron chi connectivity index (χ2n) is 4.91. The smallest absolute Gasteiger partial charge is 0.388 e. The molecule has 1 atom stereocenters. The molecule has 0 spiro atoms. The molecule has 6 heteroatoms. The zero-order valence-corrected chi connectivity index (χ0v) is 11.4. The van der Waals surface area contributed by atoms with E-state index in [1.807, 2.05) is 0 Å². The molecule has 0 saturated carbocycles. The molecule has 1 aromatic carbocycles. The first-order chi connectivity index (χ1) is 9.77. The van der Waals surface area contributed by atoms with Gasteiger partial charge in [-0.25, -0.2) is 4.98 Å². The van der Waals surface area contributed by atoms with Crippen molar-refractivity contribution in [3.05, 3.63) is 58.8 Å². The van der Waals surface area contributed by atoms with Crippen molar-refractivity contribution in [2.75, 3.05) is 5.73 Å². The van der Waals surface area contributed by atoms with E-state index in [2.05, 4.69) is 4.98 Å². The molecule has 3 nitrogen and oxygen atoms in total. The van der Waals surface area contributed by atoms with Crippen LogP contribution in [0.3, 0.4) is 0 Å². The van der Waals surface area contributed by atoms with E-state index in [1.165, 1.54) is 12.1 Å². The number of pyridine rings is 1. The zero-order chi connectivity index (χ0) is 15.6. The first-order valence-corrected chi connectivity index (χ1v) is 6.33. The Labute approximate surface area is 120 Å². The SMILES string of the molecule is Cc1cnc(N)c(C(O)Cc2cccc(C(F)(F)F)c2)c1. The highest BCUT2D eigenvalue weighted by molar-refractivity contribution is 5.43. The van der Waals surface area contributed by atoms with E-state index >= 15 is 0 Å². The molecular formula is C15H15F3N2O. The average Bonchev–Trinajstić information content (AvgIpc) is 2.41. The Morgan fingerprint density at radius 2 is 2.00 bits per heavy atom. The highest BCUT2D eigenvalue weighted by Crippen LogP contribution is 2.31. The first kappa shape index (κ1) is 15.3. The number of benzene rings is 1. The summed E-state index contributed by atoms with van der Waals surface area (Å²) in [6.07, 6.45) is -3.79. The van der Waals surface area contributed by atoms with Gasteiger partial charge >= 0.3 is 6.18 Å². The van der Waals surface area contributed by atoms with Crippen LogP contribution in [0.4, 0.5) is 19.0 Å². The lowest BCUT2D eigenvalue weighted by molar-refractivity contribution is -0.137. The normalized spacial score (nSPS) is 13.2. The van der Waals surface area contributed by atoms with Crippen molar-refractivity contribution in [2.24, 2.45) is 0 Å². The standard InChI is InChI=1S/C15H15F3N2O/c1-9-5-12(14(19)20-8-9)13(21)7-10-3-2-4-11(6-10)15(16,17)18/h2-6,8,13,21H,7H2,1H3,(H2,19,20). The topological polar surface area (TPSA) is 59.1 Å². The zero-order valence-electron chi connectivity index (χ0n) is 11.4. The van der Waals surface area contributed by atoms with Gasteiger partial charge in [-0.05, 0) is 30.2 Å². The number of hydrogen-bond acceptors (Lipinski definition) is 3. The fourth-order valence-electron chi connectivity index (χ4n) is 2.08. The predicted octanol–water partition coefficient (Wildman–Crippen LogP) is 3.27. The van der Waals surface area contributed by atoms with Crippen LogP contribution in [-0.4, -0.2) is 10.1 Å². The predicted molar refractivity (Wildman–Crippen MR) is 73.5 cm³/mol. The van der Waals surface area contributed by atoms with Crippen molar-refractivity contribution in [1.29, 1.82) is 0 Å². The molecule has 2 aromatic rings. The number of aliphatic hydroxyl groups excluding tert-OH is 1. The van der Waals surface area contributed by atoms with Gasteiger partial charge in [0.1, 0.15) is 5.82 Å². The highest BCUT2D eigenvalue weighted by Gasteiger charge is 2.30. The van der Waals surface area contributed by atoms with Crippen LogP contribution in [0, 0.1) is 6.92 Å². The molecule has 1 unspecified atom stereocenters. The number of rotatable bonds is 3. The molecule has 3 N–H and O–H groups in total. The van der Waals surface area contributed by atoms with E-state index in [0.717, 1.165) is 17.7 Å². The maximum atomic E-state index is 12.7. The van der Waals surface area contributed by atoms with Gasteiger partial charge in [0.05, 0.1) is 11.7 Å². The molecule has 0 aliphatic rings. The number of aryl methyl sites for hydroxylation is 1. The van der Waals surface area contributed by atoms with Gasteiger partial charge in [-0.3, -0.25) is 0 Å². The Hall–Kier alpha value is -2.08. The summed E-state index contributed by atoms with van der Waals surface area (Å²) in [5, 5.41) is 10.2. The van der Waals surface area contributed by atoms with Crippen molar-refractivity contribution in [3.63, 3.8) is 0 Å². The van der Waals surface area contributed by atoms with Crippen LogP contribution in [0.2, 0.25) is 0 Å². The summed E-state index contributed by atoms with van der Waals surface area (Å²) in [7, 11) is 0. The van der Waals surface area contributed by atoms with Gasteiger partial charge in [-0.2, -0.15) is 13.2 Å². The Morgan fingerprint density at radius 1 is 1.29 bits per heavy atom. The van der Waals surface area contributed by atoms with Gasteiger partial charge < -0.3 is 10.8 Å². The van der Waals surface area contributed by atoms with Gasteiger partial charge in [0, 0.05) is 18.2 Å². The van der Waals surface area contributed by atoms with Gasteiger partial charge in [-0.1, -0.05) is 18.2 Å². The number of anilines is 1. The molecule has 1 aromatic heterocycles. The van der Waals surface area contributed by atoms with E-state index in [0.29, 0.717) is 11.1 Å². The largest absolute Gasteiger partial charge is 0.416 e. The van der Waals surface area contributed by atoms with Crippen molar-refractivity contribution in [1.82, 2.24) is 4.98 Å². The molecule has 0 radical (unpaired) electrons. The van der Waals surface area contributed by atoms with E-state index in [1.54, 1.807) is 19.2 Å². The van der Waals surface area contributed by atoms with E-state index in [9.17, 15) is 18.3 Å². The maximum Gasteiger partial charge on any atom is 0.416 e. The lowest BCUT2D eigenvalue weighted by Gasteiger charge is -2.15. The monoisotopic (exact) mass is 296 g/mol. The van der Waals surface area contributed by atoms with Gasteiger partial charge in [0.25, 0.3) is 0 Å². The fraction of sp³-hybridized carbons (Fsp3) is 0.267. The molecule has 0 saturated heterocycles. The summed E-state index contributed by atoms with van der Waals surface area (Å²) < 4.78 is 38.0. The molecule has 0 aliphatic heterocycles. The van der Waals surface area contributed by atoms with Crippen LogP contribution in [0.15, 0.2) is 36.5 Å². The number of halogens is 3. The Balaban J connectivity index is 2.23. The summed E-state index contributed by atoms with van der Waals surface area (Å²) in [6, 6.07) is 6.57. The lowest BCUT2D eigenvalue weighted by Crippen LogP contribution is -2.09. The van der Waals surface area contributed by atoms with Crippen molar-refractivity contribution in [2.45, 2.75) is 25.6 Å². The minimum absolute atomic E-state index is 0.0409. The van der Waals surface area contributed by atoms with Crippen LogP contribution in [0.5, 0.6) is 0 Å². The third kappa shape index (κ3) is 3.72. The van der Waals surface area contributed by atoms with Crippen molar-refractivity contribution < 1.29 is 18.3 Å². The summed E-state index contributed by atoms with van der Waals surface area (Å²) in [6.45, 7) is 1.80. The average molecular weight is 296 g/mol. The molecule has 0 aliphatic carbocycles. The quantitative estimate of drug-likeness (QED) is 0.914. The summed E-state index contributed by atoms with van der Waals surface area (Å²) in [5.41, 5.74) is 6.59. The number of alkyl halides is 3. The van der Waals surface area contributed by atoms with E-state index in [4.69, 9.17) is 5.73 Å². The van der Waals surface area contributed by atoms with Gasteiger partial charge in [-0.15, -0.1) is 0 Å². The fourth-order valence-corrected chi connectivity index (χ4v) is 2.08. The maximum absolute atomic E-state index is 12.7. The Bertz CT molecular complexity index is 641. The number of nitrogens with two attached hydrogens (primary N) is 1. The number of nitrogens with zero attached hydrogens (tertiary/aromatic N) is 1. The molecular weight excluding hydrogens is 281 g/mol. The lowest BCUT2D eigenvalue weighted by atomic mass is 9.99. The number of aliphatic hydroxyl groups is 1. The first-order valence-electron chi connectivity index (χ1n) is 6.33. The minimum Gasteiger partial charge on any atom is -0.388 e. The van der Waals surface area contributed by atoms with Crippen LogP contribution in [-0.2, 0) is 12.6 Å². The van der Waals surface area contributed by atoms with Crippen LogP contribution in [0.1, 0.15) is 28.4 Å². The Kier molecular flexibility index (Phi) is 4.18. The second-order valence-corrected chi connectivity index (χ2v) is 4.91. The second kappa shape index (κ2) is 5.73. The number of aromatic nitrogens is 1. The van der Waals surface area contributed by atoms with E-state index in [-0.39, 0.29) is 12.2 Å².